The zero-order chi connectivity index (χ0) is 26.6. The van der Waals surface area contributed by atoms with E-state index in [2.05, 4.69) is 66.0 Å². The number of nitrogens with one attached hydrogen (secondary N) is 1. The normalized spacial score (nSPS) is 19.4. The van der Waals surface area contributed by atoms with Gasteiger partial charge in [0.2, 0.25) is 0 Å². The molecule has 1 N–H and O–H groups in total. The zero-order valence-corrected chi connectivity index (χ0v) is 22.6. The molecule has 0 bridgehead atoms. The lowest BCUT2D eigenvalue weighted by atomic mass is 9.77. The van der Waals surface area contributed by atoms with Crippen LogP contribution in [0.2, 0.25) is 5.02 Å². The predicted molar refractivity (Wildman–Crippen MR) is 160 cm³/mol. The monoisotopic (exact) mass is 534 g/mol. The Kier molecular flexibility index (Phi) is 7.38. The molecule has 2 aliphatic rings. The molecule has 4 aromatic rings. The van der Waals surface area contributed by atoms with Crippen molar-refractivity contribution in [2.24, 2.45) is 10.9 Å². The van der Waals surface area contributed by atoms with Crippen LogP contribution in [0, 0.1) is 5.92 Å². The van der Waals surface area contributed by atoms with Crippen LogP contribution < -0.4 is 14.8 Å². The van der Waals surface area contributed by atoms with Gasteiger partial charge in [-0.3, -0.25) is 4.99 Å². The molecule has 196 valence electrons. The van der Waals surface area contributed by atoms with E-state index in [1.165, 1.54) is 16.8 Å². The lowest BCUT2D eigenvalue weighted by molar-refractivity contribution is 0.269. The van der Waals surface area contributed by atoms with E-state index in [4.69, 9.17) is 26.1 Å². The van der Waals surface area contributed by atoms with E-state index in [-0.39, 0.29) is 6.04 Å². The molecular weight excluding hydrogens is 504 g/mol. The number of hydrogen-bond donors (Lipinski definition) is 1. The number of ether oxygens (including phenoxy) is 2. The van der Waals surface area contributed by atoms with E-state index in [0.717, 1.165) is 23.2 Å². The van der Waals surface area contributed by atoms with Crippen LogP contribution in [0.4, 0.5) is 11.4 Å². The Labute approximate surface area is 235 Å². The van der Waals surface area contributed by atoms with Gasteiger partial charge in [0.1, 0.15) is 6.61 Å². The SMILES string of the molecule is CCOc1cc(C=Nc2ccc([C@@H]3Nc4ccccc4[C@@H]4C=CC[C@@H]43)cc2)ccc1OCc1ccccc1Cl. The molecule has 4 nitrogen and oxygen atoms in total. The number of halogens is 1. The Bertz CT molecular complexity index is 1510. The molecule has 0 saturated carbocycles. The van der Waals surface area contributed by atoms with Gasteiger partial charge in [-0.2, -0.15) is 0 Å². The molecule has 0 amide bonds. The molecule has 4 aromatic carbocycles. The molecule has 0 spiro atoms. The fourth-order valence-corrected chi connectivity index (χ4v) is 5.74. The predicted octanol–water partition coefficient (Wildman–Crippen LogP) is 8.89. The second-order valence-electron chi connectivity index (χ2n) is 9.93. The quantitative estimate of drug-likeness (QED) is 0.181. The highest BCUT2D eigenvalue weighted by atomic mass is 35.5. The van der Waals surface area contributed by atoms with Crippen molar-refractivity contribution in [3.8, 4) is 11.5 Å². The number of nitrogens with zero attached hydrogens (tertiary/aromatic N) is 1. The van der Waals surface area contributed by atoms with Crippen molar-refractivity contribution < 1.29 is 9.47 Å². The summed E-state index contributed by atoms with van der Waals surface area (Å²) in [4.78, 5) is 4.73. The minimum Gasteiger partial charge on any atom is -0.490 e. The van der Waals surface area contributed by atoms with Crippen LogP contribution in [0.5, 0.6) is 11.5 Å². The summed E-state index contributed by atoms with van der Waals surface area (Å²) >= 11 is 6.28. The first-order valence-corrected chi connectivity index (χ1v) is 13.9. The highest BCUT2D eigenvalue weighted by Gasteiger charge is 2.37. The fraction of sp³-hybridized carbons (Fsp3) is 0.206. The molecule has 0 radical (unpaired) electrons. The first kappa shape index (κ1) is 25.3. The molecule has 0 unspecified atom stereocenters. The van der Waals surface area contributed by atoms with Crippen molar-refractivity contribution in [3.05, 3.63) is 130 Å². The average molecular weight is 535 g/mol. The minimum absolute atomic E-state index is 0.282. The highest BCUT2D eigenvalue weighted by molar-refractivity contribution is 6.31. The summed E-state index contributed by atoms with van der Waals surface area (Å²) < 4.78 is 11.9. The number of fused-ring (bicyclic) bond motifs is 3. The lowest BCUT2D eigenvalue weighted by Gasteiger charge is -2.37. The van der Waals surface area contributed by atoms with E-state index in [1.807, 2.05) is 55.6 Å². The maximum Gasteiger partial charge on any atom is 0.161 e. The minimum atomic E-state index is 0.282. The van der Waals surface area contributed by atoms with E-state index in [9.17, 15) is 0 Å². The Morgan fingerprint density at radius 3 is 2.59 bits per heavy atom. The first-order chi connectivity index (χ1) is 19.2. The fourth-order valence-electron chi connectivity index (χ4n) is 5.55. The number of allylic oxidation sites excluding steroid dienone is 2. The molecule has 1 aliphatic carbocycles. The largest absolute Gasteiger partial charge is 0.490 e. The van der Waals surface area contributed by atoms with Gasteiger partial charge in [0, 0.05) is 28.4 Å². The third-order valence-corrected chi connectivity index (χ3v) is 7.86. The van der Waals surface area contributed by atoms with Gasteiger partial charge >= 0.3 is 0 Å². The molecule has 3 atom stereocenters. The topological polar surface area (TPSA) is 42.8 Å². The van der Waals surface area contributed by atoms with Gasteiger partial charge in [-0.05, 0) is 78.4 Å². The summed E-state index contributed by atoms with van der Waals surface area (Å²) in [6.45, 7) is 2.88. The van der Waals surface area contributed by atoms with Crippen LogP contribution >= 0.6 is 11.6 Å². The van der Waals surface area contributed by atoms with Gasteiger partial charge in [0.15, 0.2) is 11.5 Å². The number of benzene rings is 4. The number of hydrogen-bond acceptors (Lipinski definition) is 4. The molecule has 1 heterocycles. The third-order valence-electron chi connectivity index (χ3n) is 7.50. The van der Waals surface area contributed by atoms with Crippen LogP contribution in [-0.2, 0) is 6.61 Å². The summed E-state index contributed by atoms with van der Waals surface area (Å²) in [7, 11) is 0. The third kappa shape index (κ3) is 5.43. The second-order valence-corrected chi connectivity index (χ2v) is 10.3. The molecular formula is C34H31ClN2O2. The molecule has 1 aliphatic heterocycles. The summed E-state index contributed by atoms with van der Waals surface area (Å²) in [5.74, 6) is 2.37. The maximum atomic E-state index is 6.28. The van der Waals surface area contributed by atoms with E-state index < -0.39 is 0 Å². The number of rotatable bonds is 8. The molecule has 0 fully saturated rings. The van der Waals surface area contributed by atoms with Crippen molar-refractivity contribution in [3.63, 3.8) is 0 Å². The molecule has 39 heavy (non-hydrogen) atoms. The first-order valence-electron chi connectivity index (χ1n) is 13.5. The van der Waals surface area contributed by atoms with E-state index in [0.29, 0.717) is 41.6 Å². The smallest absolute Gasteiger partial charge is 0.161 e. The van der Waals surface area contributed by atoms with Crippen molar-refractivity contribution >= 4 is 29.2 Å². The average Bonchev–Trinajstić information content (AvgIpc) is 3.47. The molecule has 0 aromatic heterocycles. The van der Waals surface area contributed by atoms with Crippen LogP contribution in [0.25, 0.3) is 0 Å². The maximum absolute atomic E-state index is 6.28. The van der Waals surface area contributed by atoms with Gasteiger partial charge < -0.3 is 14.8 Å². The molecule has 6 rings (SSSR count). The second kappa shape index (κ2) is 11.4. The Morgan fingerprint density at radius 1 is 0.923 bits per heavy atom. The summed E-state index contributed by atoms with van der Waals surface area (Å²) in [5, 5.41) is 4.49. The highest BCUT2D eigenvalue weighted by Crippen LogP contribution is 2.49. The van der Waals surface area contributed by atoms with Crippen molar-refractivity contribution in [2.75, 3.05) is 11.9 Å². The van der Waals surface area contributed by atoms with Gasteiger partial charge in [0.25, 0.3) is 0 Å². The standard InChI is InChI=1S/C34H31ClN2O2/c1-2-38-33-20-23(14-19-32(33)39-22-25-8-3-5-12-30(25)35)21-36-26-17-15-24(16-18-26)34-29-11-7-10-27(29)28-9-4-6-13-31(28)37-34/h3-10,12-21,27,29,34,37H,2,11,22H2,1H3/t27-,29-,34-/m0/s1. The number of para-hydroxylation sites is 1. The summed E-state index contributed by atoms with van der Waals surface area (Å²) in [6, 6.07) is 31.1. The summed E-state index contributed by atoms with van der Waals surface area (Å²) in [5.41, 5.74) is 6.72. The van der Waals surface area contributed by atoms with Gasteiger partial charge in [-0.15, -0.1) is 0 Å². The Balaban J connectivity index is 1.15. The van der Waals surface area contributed by atoms with Gasteiger partial charge in [-0.1, -0.05) is 72.3 Å². The lowest BCUT2D eigenvalue weighted by Crippen LogP contribution is -2.28. The number of aliphatic imine (C=N–C) groups is 1. The Morgan fingerprint density at radius 2 is 1.74 bits per heavy atom. The molecule has 0 saturated heterocycles. The zero-order valence-electron chi connectivity index (χ0n) is 21.9. The van der Waals surface area contributed by atoms with Gasteiger partial charge in [-0.25, -0.2) is 0 Å². The number of anilines is 1. The van der Waals surface area contributed by atoms with Crippen LogP contribution in [0.3, 0.4) is 0 Å². The Hall–Kier alpha value is -4.02. The van der Waals surface area contributed by atoms with Crippen LogP contribution in [0.15, 0.2) is 108 Å². The van der Waals surface area contributed by atoms with Gasteiger partial charge in [0.05, 0.1) is 18.3 Å². The van der Waals surface area contributed by atoms with E-state index >= 15 is 0 Å². The van der Waals surface area contributed by atoms with Crippen molar-refractivity contribution in [1.29, 1.82) is 0 Å². The van der Waals surface area contributed by atoms with Crippen molar-refractivity contribution in [1.82, 2.24) is 0 Å². The van der Waals surface area contributed by atoms with Crippen LogP contribution in [-0.4, -0.2) is 12.8 Å². The van der Waals surface area contributed by atoms with Crippen molar-refractivity contribution in [2.45, 2.75) is 31.9 Å². The summed E-state index contributed by atoms with van der Waals surface area (Å²) in [6.07, 6.45) is 7.66. The van der Waals surface area contributed by atoms with E-state index in [1.54, 1.807) is 0 Å². The molecule has 5 heteroatoms. The van der Waals surface area contributed by atoms with Crippen LogP contribution in [0.1, 0.15) is 47.6 Å².